The summed E-state index contributed by atoms with van der Waals surface area (Å²) in [6.07, 6.45) is 1.51. The standard InChI is InChI=1S/C31H27NO7/c1-5-6-13-32-29(34)22-12-9-20(16-23(22)30(32)35)31(36)39-28-25(33)24-15-17(2)14-18(3)26(24)38-27(28)19-7-10-21(37-4)11-8-19/h7-12,14-16H,5-6,13H2,1-4H3. The molecule has 1 aromatic heterocycles. The fourth-order valence-corrected chi connectivity index (χ4v) is 4.75. The van der Waals surface area contributed by atoms with Crippen molar-refractivity contribution in [2.45, 2.75) is 33.6 Å². The predicted octanol–water partition coefficient (Wildman–Crippen LogP) is 5.70. The number of hydrogen-bond acceptors (Lipinski definition) is 7. The first-order valence-electron chi connectivity index (χ1n) is 12.7. The zero-order chi connectivity index (χ0) is 27.8. The van der Waals surface area contributed by atoms with Crippen LogP contribution in [0, 0.1) is 13.8 Å². The second kappa shape index (κ2) is 10.2. The highest BCUT2D eigenvalue weighted by Gasteiger charge is 2.36. The van der Waals surface area contributed by atoms with Gasteiger partial charge >= 0.3 is 5.97 Å². The summed E-state index contributed by atoms with van der Waals surface area (Å²) in [5.74, 6) is -1.25. The second-order valence-electron chi connectivity index (χ2n) is 9.54. The zero-order valence-electron chi connectivity index (χ0n) is 22.1. The van der Waals surface area contributed by atoms with Gasteiger partial charge in [0, 0.05) is 12.1 Å². The SMILES string of the molecule is CCCCN1C(=O)c2ccc(C(=O)Oc3c(-c4ccc(OC)cc4)oc4c(C)cc(C)cc4c3=O)cc2C1=O. The molecular formula is C31H27NO7. The van der Waals surface area contributed by atoms with Gasteiger partial charge in [0.15, 0.2) is 5.76 Å². The first-order valence-corrected chi connectivity index (χ1v) is 12.7. The maximum Gasteiger partial charge on any atom is 0.343 e. The van der Waals surface area contributed by atoms with Crippen molar-refractivity contribution < 1.29 is 28.3 Å². The predicted molar refractivity (Wildman–Crippen MR) is 146 cm³/mol. The van der Waals surface area contributed by atoms with E-state index in [2.05, 4.69) is 0 Å². The summed E-state index contributed by atoms with van der Waals surface area (Å²) in [5, 5.41) is 0.286. The Bertz CT molecular complexity index is 1700. The molecule has 0 bridgehead atoms. The van der Waals surface area contributed by atoms with Gasteiger partial charge in [0.2, 0.25) is 11.2 Å². The van der Waals surface area contributed by atoms with Gasteiger partial charge in [0.1, 0.15) is 11.3 Å². The lowest BCUT2D eigenvalue weighted by molar-refractivity contribution is 0.0651. The van der Waals surface area contributed by atoms with E-state index in [9.17, 15) is 19.2 Å². The van der Waals surface area contributed by atoms with Crippen LogP contribution in [-0.2, 0) is 0 Å². The summed E-state index contributed by atoms with van der Waals surface area (Å²) in [4.78, 5) is 53.8. The van der Waals surface area contributed by atoms with Crippen molar-refractivity contribution >= 4 is 28.8 Å². The Balaban J connectivity index is 1.58. The van der Waals surface area contributed by atoms with Gasteiger partial charge in [-0.2, -0.15) is 0 Å². The Labute approximate surface area is 224 Å². The van der Waals surface area contributed by atoms with E-state index in [1.807, 2.05) is 26.8 Å². The van der Waals surface area contributed by atoms with E-state index in [4.69, 9.17) is 13.9 Å². The topological polar surface area (TPSA) is 103 Å². The molecule has 2 amide bonds. The lowest BCUT2D eigenvalue weighted by Crippen LogP contribution is -2.30. The van der Waals surface area contributed by atoms with Crippen molar-refractivity contribution in [3.05, 3.63) is 92.6 Å². The van der Waals surface area contributed by atoms with Gasteiger partial charge in [-0.05, 0) is 79.9 Å². The minimum Gasteiger partial charge on any atom is -0.497 e. The highest BCUT2D eigenvalue weighted by atomic mass is 16.5. The number of fused-ring (bicyclic) bond motifs is 2. The number of esters is 1. The minimum absolute atomic E-state index is 0.0350. The third kappa shape index (κ3) is 4.58. The van der Waals surface area contributed by atoms with Crippen LogP contribution in [0.15, 0.2) is 63.8 Å². The Morgan fingerprint density at radius 1 is 0.923 bits per heavy atom. The van der Waals surface area contributed by atoms with Crippen LogP contribution in [0.1, 0.15) is 62.0 Å². The third-order valence-corrected chi connectivity index (χ3v) is 6.77. The number of methoxy groups -OCH3 is 1. The molecule has 0 N–H and O–H groups in total. The molecule has 2 heterocycles. The van der Waals surface area contributed by atoms with E-state index in [1.165, 1.54) is 23.1 Å². The van der Waals surface area contributed by atoms with Gasteiger partial charge < -0.3 is 13.9 Å². The Morgan fingerprint density at radius 2 is 1.64 bits per heavy atom. The molecule has 1 aliphatic heterocycles. The molecule has 0 unspecified atom stereocenters. The summed E-state index contributed by atoms with van der Waals surface area (Å²) >= 11 is 0. The third-order valence-electron chi connectivity index (χ3n) is 6.77. The van der Waals surface area contributed by atoms with Crippen molar-refractivity contribution in [2.75, 3.05) is 13.7 Å². The second-order valence-corrected chi connectivity index (χ2v) is 9.54. The van der Waals surface area contributed by atoms with Crippen LogP contribution in [0.3, 0.4) is 0 Å². The van der Waals surface area contributed by atoms with Crippen LogP contribution in [0.25, 0.3) is 22.3 Å². The molecule has 8 heteroatoms. The molecule has 0 aliphatic carbocycles. The van der Waals surface area contributed by atoms with Crippen molar-refractivity contribution in [1.82, 2.24) is 4.90 Å². The van der Waals surface area contributed by atoms with Crippen molar-refractivity contribution in [3.8, 4) is 22.8 Å². The molecule has 3 aromatic carbocycles. The van der Waals surface area contributed by atoms with Gasteiger partial charge in [-0.1, -0.05) is 19.4 Å². The number of unbranched alkanes of at least 4 members (excludes halogenated alkanes) is 1. The highest BCUT2D eigenvalue weighted by molar-refractivity contribution is 6.22. The van der Waals surface area contributed by atoms with Gasteiger partial charge in [-0.25, -0.2) is 4.79 Å². The fraction of sp³-hybridized carbons (Fsp3) is 0.226. The lowest BCUT2D eigenvalue weighted by Gasteiger charge is -2.13. The quantitative estimate of drug-likeness (QED) is 0.225. The summed E-state index contributed by atoms with van der Waals surface area (Å²) in [5.41, 5.74) is 2.44. The summed E-state index contributed by atoms with van der Waals surface area (Å²) < 4.78 is 17.1. The van der Waals surface area contributed by atoms with Crippen LogP contribution < -0.4 is 14.9 Å². The van der Waals surface area contributed by atoms with Crippen molar-refractivity contribution in [1.29, 1.82) is 0 Å². The Kier molecular flexibility index (Phi) is 6.78. The van der Waals surface area contributed by atoms with E-state index in [1.54, 1.807) is 37.4 Å². The van der Waals surface area contributed by atoms with E-state index < -0.39 is 17.3 Å². The van der Waals surface area contributed by atoms with Gasteiger partial charge in [0.25, 0.3) is 11.8 Å². The number of benzene rings is 3. The summed E-state index contributed by atoms with van der Waals surface area (Å²) in [6.45, 7) is 5.99. The molecule has 0 spiro atoms. The summed E-state index contributed by atoms with van der Waals surface area (Å²) in [6, 6.07) is 14.6. The Morgan fingerprint density at radius 3 is 2.33 bits per heavy atom. The number of nitrogens with zero attached hydrogens (tertiary/aromatic N) is 1. The first-order chi connectivity index (χ1) is 18.7. The lowest BCUT2D eigenvalue weighted by atomic mass is 10.0. The van der Waals surface area contributed by atoms with Crippen molar-refractivity contribution in [2.24, 2.45) is 0 Å². The average Bonchev–Trinajstić information content (AvgIpc) is 3.17. The number of ether oxygens (including phenoxy) is 2. The van der Waals surface area contributed by atoms with Gasteiger partial charge in [0.05, 0.1) is 29.2 Å². The van der Waals surface area contributed by atoms with Crippen LogP contribution in [0.2, 0.25) is 0 Å². The molecular weight excluding hydrogens is 498 g/mol. The highest BCUT2D eigenvalue weighted by Crippen LogP contribution is 2.34. The number of hydrogen-bond donors (Lipinski definition) is 0. The normalized spacial score (nSPS) is 12.7. The van der Waals surface area contributed by atoms with Gasteiger partial charge in [-0.3, -0.25) is 19.3 Å². The van der Waals surface area contributed by atoms with E-state index in [-0.39, 0.29) is 39.5 Å². The molecule has 198 valence electrons. The number of imide groups is 1. The smallest absolute Gasteiger partial charge is 0.343 e. The number of amides is 2. The zero-order valence-corrected chi connectivity index (χ0v) is 22.1. The number of carbonyl (C=O) groups is 3. The van der Waals surface area contributed by atoms with Crippen LogP contribution >= 0.6 is 0 Å². The molecule has 39 heavy (non-hydrogen) atoms. The van der Waals surface area contributed by atoms with Crippen LogP contribution in [0.4, 0.5) is 0 Å². The van der Waals surface area contributed by atoms with Crippen molar-refractivity contribution in [3.63, 3.8) is 0 Å². The molecule has 0 atom stereocenters. The van der Waals surface area contributed by atoms with Gasteiger partial charge in [-0.15, -0.1) is 0 Å². The maximum absolute atomic E-state index is 13.7. The fourth-order valence-electron chi connectivity index (χ4n) is 4.75. The summed E-state index contributed by atoms with van der Waals surface area (Å²) in [7, 11) is 1.54. The average molecular weight is 526 g/mol. The molecule has 4 aromatic rings. The van der Waals surface area contributed by atoms with E-state index in [0.717, 1.165) is 17.5 Å². The van der Waals surface area contributed by atoms with Crippen LogP contribution in [-0.4, -0.2) is 36.3 Å². The monoisotopic (exact) mass is 525 g/mol. The van der Waals surface area contributed by atoms with Crippen LogP contribution in [0.5, 0.6) is 11.5 Å². The first kappa shape index (κ1) is 25.9. The molecule has 0 saturated carbocycles. The molecule has 8 nitrogen and oxygen atoms in total. The maximum atomic E-state index is 13.7. The largest absolute Gasteiger partial charge is 0.497 e. The molecule has 0 saturated heterocycles. The molecule has 1 aliphatic rings. The van der Waals surface area contributed by atoms with E-state index in [0.29, 0.717) is 29.9 Å². The molecule has 0 radical (unpaired) electrons. The number of carbonyl (C=O) groups excluding carboxylic acids is 3. The van der Waals surface area contributed by atoms with E-state index >= 15 is 0 Å². The minimum atomic E-state index is -0.851. The number of aryl methyl sites for hydroxylation is 2. The molecule has 5 rings (SSSR count). The number of rotatable bonds is 7. The Hall–Kier alpha value is -4.72. The molecule has 0 fully saturated rings.